The van der Waals surface area contributed by atoms with E-state index in [-0.39, 0.29) is 5.91 Å². The maximum Gasteiger partial charge on any atom is 0.289 e. The zero-order chi connectivity index (χ0) is 19.7. The molecular weight excluding hydrogens is 438 g/mol. The number of aromatic nitrogens is 4. The molecule has 3 heterocycles. The molecule has 3 aromatic rings. The SMILES string of the molecule is O=C(c1ccc(Br)o1)N1CCN(Cc2nnnn2-c2ccc(F)c(F)c2)CC1. The molecule has 8 nitrogen and oxygen atoms in total. The molecule has 0 aliphatic carbocycles. The number of nitrogens with zero attached hydrogens (tertiary/aromatic N) is 6. The van der Waals surface area contributed by atoms with Crippen molar-refractivity contribution in [3.05, 3.63) is 58.2 Å². The van der Waals surface area contributed by atoms with Gasteiger partial charge in [0, 0.05) is 32.2 Å². The van der Waals surface area contributed by atoms with Crippen molar-refractivity contribution in [2.45, 2.75) is 6.54 Å². The molecule has 0 saturated carbocycles. The van der Waals surface area contributed by atoms with E-state index in [2.05, 4.69) is 36.4 Å². The van der Waals surface area contributed by atoms with Crippen molar-refractivity contribution in [1.29, 1.82) is 0 Å². The van der Waals surface area contributed by atoms with Crippen LogP contribution in [0.3, 0.4) is 0 Å². The third-order valence-electron chi connectivity index (χ3n) is 4.49. The van der Waals surface area contributed by atoms with E-state index in [0.29, 0.717) is 54.7 Å². The third kappa shape index (κ3) is 3.80. The van der Waals surface area contributed by atoms with Crippen LogP contribution in [0.15, 0.2) is 39.4 Å². The van der Waals surface area contributed by atoms with Gasteiger partial charge < -0.3 is 9.32 Å². The molecule has 146 valence electrons. The minimum absolute atomic E-state index is 0.156. The molecule has 1 aliphatic rings. The molecule has 28 heavy (non-hydrogen) atoms. The molecule has 1 aromatic carbocycles. The number of carbonyl (C=O) groups is 1. The predicted molar refractivity (Wildman–Crippen MR) is 96.7 cm³/mol. The topological polar surface area (TPSA) is 80.3 Å². The molecule has 1 aliphatic heterocycles. The molecule has 1 fully saturated rings. The second-order valence-corrected chi connectivity index (χ2v) is 7.06. The summed E-state index contributed by atoms with van der Waals surface area (Å²) in [5, 5.41) is 11.5. The molecule has 0 unspecified atom stereocenters. The van der Waals surface area contributed by atoms with Crippen LogP contribution in [0, 0.1) is 11.6 Å². The maximum atomic E-state index is 13.5. The number of rotatable bonds is 4. The highest BCUT2D eigenvalue weighted by atomic mass is 79.9. The van der Waals surface area contributed by atoms with E-state index in [1.807, 2.05) is 0 Å². The van der Waals surface area contributed by atoms with Gasteiger partial charge in [-0.2, -0.15) is 4.68 Å². The van der Waals surface area contributed by atoms with Crippen LogP contribution in [0.2, 0.25) is 0 Å². The number of tetrazole rings is 1. The largest absolute Gasteiger partial charge is 0.444 e. The van der Waals surface area contributed by atoms with Crippen LogP contribution in [0.4, 0.5) is 8.78 Å². The van der Waals surface area contributed by atoms with Gasteiger partial charge in [0.25, 0.3) is 5.91 Å². The second kappa shape index (κ2) is 7.76. The van der Waals surface area contributed by atoms with Crippen LogP contribution in [0.5, 0.6) is 0 Å². The molecule has 4 rings (SSSR count). The third-order valence-corrected chi connectivity index (χ3v) is 4.92. The Bertz CT molecular complexity index is 999. The van der Waals surface area contributed by atoms with Crippen LogP contribution in [0.1, 0.15) is 16.4 Å². The van der Waals surface area contributed by atoms with Crippen molar-refractivity contribution < 1.29 is 18.0 Å². The zero-order valence-corrected chi connectivity index (χ0v) is 16.1. The van der Waals surface area contributed by atoms with Crippen LogP contribution in [-0.4, -0.2) is 62.1 Å². The summed E-state index contributed by atoms with van der Waals surface area (Å²) in [6, 6.07) is 6.81. The van der Waals surface area contributed by atoms with Crippen LogP contribution < -0.4 is 0 Å². The molecule has 0 bridgehead atoms. The Morgan fingerprint density at radius 2 is 1.89 bits per heavy atom. The van der Waals surface area contributed by atoms with Crippen molar-refractivity contribution >= 4 is 21.8 Å². The van der Waals surface area contributed by atoms with E-state index in [0.717, 1.165) is 12.1 Å². The van der Waals surface area contributed by atoms with Gasteiger partial charge in [-0.1, -0.05) is 0 Å². The highest BCUT2D eigenvalue weighted by molar-refractivity contribution is 9.10. The van der Waals surface area contributed by atoms with Gasteiger partial charge in [-0.05, 0) is 50.6 Å². The summed E-state index contributed by atoms with van der Waals surface area (Å²) in [4.78, 5) is 16.2. The lowest BCUT2D eigenvalue weighted by Crippen LogP contribution is -2.48. The van der Waals surface area contributed by atoms with Gasteiger partial charge in [0.15, 0.2) is 27.9 Å². The first-order chi connectivity index (χ1) is 13.5. The minimum atomic E-state index is -0.962. The van der Waals surface area contributed by atoms with Crippen molar-refractivity contribution in [3.63, 3.8) is 0 Å². The highest BCUT2D eigenvalue weighted by Gasteiger charge is 2.25. The van der Waals surface area contributed by atoms with E-state index in [9.17, 15) is 13.6 Å². The monoisotopic (exact) mass is 452 g/mol. The fraction of sp³-hybridized carbons (Fsp3) is 0.294. The van der Waals surface area contributed by atoms with Crippen molar-refractivity contribution in [2.75, 3.05) is 26.2 Å². The van der Waals surface area contributed by atoms with Gasteiger partial charge in [-0.3, -0.25) is 9.69 Å². The quantitative estimate of drug-likeness (QED) is 0.603. The van der Waals surface area contributed by atoms with E-state index < -0.39 is 11.6 Å². The lowest BCUT2D eigenvalue weighted by molar-refractivity contribution is 0.0592. The smallest absolute Gasteiger partial charge is 0.289 e. The Morgan fingerprint density at radius 3 is 2.57 bits per heavy atom. The maximum absolute atomic E-state index is 13.5. The summed E-state index contributed by atoms with van der Waals surface area (Å²) < 4.78 is 33.9. The average Bonchev–Trinajstić information content (AvgIpc) is 3.33. The fourth-order valence-electron chi connectivity index (χ4n) is 3.02. The first-order valence-corrected chi connectivity index (χ1v) is 9.30. The number of amides is 1. The van der Waals surface area contributed by atoms with Gasteiger partial charge in [0.05, 0.1) is 12.2 Å². The molecule has 1 saturated heterocycles. The Balaban J connectivity index is 1.40. The first-order valence-electron chi connectivity index (χ1n) is 8.51. The zero-order valence-electron chi connectivity index (χ0n) is 14.6. The summed E-state index contributed by atoms with van der Waals surface area (Å²) >= 11 is 3.19. The van der Waals surface area contributed by atoms with E-state index in [1.54, 1.807) is 17.0 Å². The lowest BCUT2D eigenvalue weighted by Gasteiger charge is -2.33. The summed E-state index contributed by atoms with van der Waals surface area (Å²) in [5.41, 5.74) is 0.344. The van der Waals surface area contributed by atoms with Crippen molar-refractivity contribution in [1.82, 2.24) is 30.0 Å². The van der Waals surface area contributed by atoms with E-state index >= 15 is 0 Å². The summed E-state index contributed by atoms with van der Waals surface area (Å²) in [6.45, 7) is 2.73. The normalized spacial score (nSPS) is 15.2. The molecule has 0 spiro atoms. The highest BCUT2D eigenvalue weighted by Crippen LogP contribution is 2.18. The summed E-state index contributed by atoms with van der Waals surface area (Å²) in [7, 11) is 0. The Labute approximate surface area is 166 Å². The van der Waals surface area contributed by atoms with Crippen LogP contribution in [0.25, 0.3) is 5.69 Å². The number of hydrogen-bond acceptors (Lipinski definition) is 6. The number of piperazine rings is 1. The molecule has 0 radical (unpaired) electrons. The molecule has 11 heteroatoms. The number of carbonyl (C=O) groups excluding carboxylic acids is 1. The van der Waals surface area contributed by atoms with Gasteiger partial charge >= 0.3 is 0 Å². The lowest BCUT2D eigenvalue weighted by atomic mass is 10.2. The Morgan fingerprint density at radius 1 is 1.11 bits per heavy atom. The first kappa shape index (κ1) is 18.7. The molecule has 1 amide bonds. The van der Waals surface area contributed by atoms with Gasteiger partial charge in [-0.25, -0.2) is 8.78 Å². The number of hydrogen-bond donors (Lipinski definition) is 0. The molecule has 2 aromatic heterocycles. The summed E-state index contributed by atoms with van der Waals surface area (Å²) in [5.74, 6) is -1.25. The number of benzene rings is 1. The number of halogens is 3. The van der Waals surface area contributed by atoms with Crippen LogP contribution >= 0.6 is 15.9 Å². The average molecular weight is 453 g/mol. The Kier molecular flexibility index (Phi) is 5.18. The van der Waals surface area contributed by atoms with Gasteiger partial charge in [0.1, 0.15) is 0 Å². The predicted octanol–water partition coefficient (Wildman–Crippen LogP) is 2.25. The van der Waals surface area contributed by atoms with E-state index in [4.69, 9.17) is 4.42 Å². The van der Waals surface area contributed by atoms with Crippen LogP contribution in [-0.2, 0) is 6.54 Å². The fourth-order valence-corrected chi connectivity index (χ4v) is 3.32. The second-order valence-electron chi connectivity index (χ2n) is 6.28. The van der Waals surface area contributed by atoms with Gasteiger partial charge in [0.2, 0.25) is 0 Å². The summed E-state index contributed by atoms with van der Waals surface area (Å²) in [6.07, 6.45) is 0. The van der Waals surface area contributed by atoms with Gasteiger partial charge in [-0.15, -0.1) is 5.10 Å². The number of furan rings is 1. The molecular formula is C17H15BrF2N6O2. The molecule has 0 atom stereocenters. The van der Waals surface area contributed by atoms with Crippen molar-refractivity contribution in [3.8, 4) is 5.69 Å². The minimum Gasteiger partial charge on any atom is -0.444 e. The Hall–Kier alpha value is -2.66. The van der Waals surface area contributed by atoms with Crippen molar-refractivity contribution in [2.24, 2.45) is 0 Å². The standard InChI is InChI=1S/C17H15BrF2N6O2/c18-15-4-3-14(28-15)17(27)25-7-5-24(6-8-25)10-16-21-22-23-26(16)11-1-2-12(19)13(20)9-11/h1-4,9H,5-8,10H2. The van der Waals surface area contributed by atoms with E-state index in [1.165, 1.54) is 10.7 Å². The molecule has 0 N–H and O–H groups in total.